The molecule has 0 unspecified atom stereocenters. The molecule has 0 amide bonds. The summed E-state index contributed by atoms with van der Waals surface area (Å²) >= 11 is 0. The molecule has 0 aromatic heterocycles. The van der Waals surface area contributed by atoms with Gasteiger partial charge in [-0.3, -0.25) is 0 Å². The molecule has 1 aromatic carbocycles. The highest BCUT2D eigenvalue weighted by Crippen LogP contribution is 2.29. The summed E-state index contributed by atoms with van der Waals surface area (Å²) in [5.41, 5.74) is 0.541. The molecule has 0 atom stereocenters. The predicted molar refractivity (Wildman–Crippen MR) is 87.8 cm³/mol. The minimum Gasteiger partial charge on any atom is -0.423 e. The number of hydrogen-bond donors (Lipinski definition) is 0. The van der Waals surface area contributed by atoms with Crippen LogP contribution < -0.4 is 14.2 Å². The van der Waals surface area contributed by atoms with Crippen LogP contribution in [-0.2, 0) is 14.4 Å². The van der Waals surface area contributed by atoms with E-state index in [1.54, 1.807) is 0 Å². The summed E-state index contributed by atoms with van der Waals surface area (Å²) in [6.07, 6.45) is 0. The highest BCUT2D eigenvalue weighted by Gasteiger charge is 2.14. The van der Waals surface area contributed by atoms with Gasteiger partial charge in [-0.2, -0.15) is 0 Å². The Morgan fingerprint density at radius 3 is 1.00 bits per heavy atom. The number of carbonyl (C=O) groups is 3. The van der Waals surface area contributed by atoms with Gasteiger partial charge < -0.3 is 14.2 Å². The van der Waals surface area contributed by atoms with Gasteiger partial charge in [0.1, 0.15) is 17.2 Å². The average Bonchev–Trinajstić information content (AvgIpc) is 2.46. The maximum absolute atomic E-state index is 11.6. The second kappa shape index (κ2) is 7.92. The molecule has 0 fully saturated rings. The molecule has 126 valence electrons. The van der Waals surface area contributed by atoms with Crippen LogP contribution in [-0.4, -0.2) is 17.9 Å². The number of carbonyl (C=O) groups excluding carboxylic acids is 3. The lowest BCUT2D eigenvalue weighted by Gasteiger charge is -2.11. The zero-order chi connectivity index (χ0) is 18.4. The molecule has 0 spiro atoms. The van der Waals surface area contributed by atoms with Crippen molar-refractivity contribution in [2.75, 3.05) is 0 Å². The summed E-state index contributed by atoms with van der Waals surface area (Å²) in [5.74, 6) is -1.93. The van der Waals surface area contributed by atoms with Crippen LogP contribution in [0.1, 0.15) is 20.8 Å². The van der Waals surface area contributed by atoms with Crippen LogP contribution in [0.4, 0.5) is 0 Å². The first-order chi connectivity index (χ1) is 11.1. The summed E-state index contributed by atoms with van der Waals surface area (Å²) in [4.78, 5) is 34.9. The zero-order valence-corrected chi connectivity index (χ0v) is 13.8. The molecule has 0 radical (unpaired) electrons. The second-order valence-electron chi connectivity index (χ2n) is 5.15. The number of esters is 3. The molecule has 6 nitrogen and oxygen atoms in total. The monoisotopic (exact) mass is 330 g/mol. The molecule has 0 aliphatic carbocycles. The Bertz CT molecular complexity index is 630. The number of benzene rings is 1. The molecule has 0 heterocycles. The van der Waals surface area contributed by atoms with Gasteiger partial charge in [-0.25, -0.2) is 14.4 Å². The minimum atomic E-state index is -0.671. The van der Waals surface area contributed by atoms with Gasteiger partial charge in [0, 0.05) is 34.9 Å². The Balaban J connectivity index is 3.17. The van der Waals surface area contributed by atoms with Crippen molar-refractivity contribution in [1.29, 1.82) is 0 Å². The fraction of sp³-hybridized carbons (Fsp3) is 0.167. The summed E-state index contributed by atoms with van der Waals surface area (Å²) in [5, 5.41) is 0. The molecule has 0 saturated heterocycles. The van der Waals surface area contributed by atoms with Crippen molar-refractivity contribution in [3.05, 3.63) is 54.7 Å². The fourth-order valence-corrected chi connectivity index (χ4v) is 1.30. The Labute approximate surface area is 140 Å². The second-order valence-corrected chi connectivity index (χ2v) is 5.15. The van der Waals surface area contributed by atoms with E-state index in [1.165, 1.54) is 39.0 Å². The lowest BCUT2D eigenvalue weighted by atomic mass is 10.3. The third-order valence-electron chi connectivity index (χ3n) is 2.53. The molecule has 1 rings (SSSR count). The van der Waals surface area contributed by atoms with E-state index >= 15 is 0 Å². The van der Waals surface area contributed by atoms with Gasteiger partial charge >= 0.3 is 17.9 Å². The Morgan fingerprint density at radius 2 is 0.833 bits per heavy atom. The van der Waals surface area contributed by atoms with Crippen molar-refractivity contribution in [1.82, 2.24) is 0 Å². The van der Waals surface area contributed by atoms with Crippen LogP contribution in [0.25, 0.3) is 0 Å². The Kier molecular flexibility index (Phi) is 6.23. The molecule has 24 heavy (non-hydrogen) atoms. The van der Waals surface area contributed by atoms with Gasteiger partial charge in [-0.15, -0.1) is 0 Å². The molecule has 0 aliphatic heterocycles. The third-order valence-corrected chi connectivity index (χ3v) is 2.53. The lowest BCUT2D eigenvalue weighted by Crippen LogP contribution is -2.12. The predicted octanol–water partition coefficient (Wildman–Crippen LogP) is 3.13. The van der Waals surface area contributed by atoms with Gasteiger partial charge in [0.2, 0.25) is 0 Å². The number of rotatable bonds is 6. The van der Waals surface area contributed by atoms with Crippen molar-refractivity contribution >= 4 is 17.9 Å². The topological polar surface area (TPSA) is 78.9 Å². The van der Waals surface area contributed by atoms with Gasteiger partial charge in [0.05, 0.1) is 0 Å². The SMILES string of the molecule is C=C(C)C(=O)Oc1cc(OC(=O)C(=C)C)cc(OC(=O)C(=C)C)c1. The van der Waals surface area contributed by atoms with Gasteiger partial charge in [-0.05, 0) is 20.8 Å². The van der Waals surface area contributed by atoms with E-state index in [9.17, 15) is 14.4 Å². The maximum atomic E-state index is 11.6. The Morgan fingerprint density at radius 1 is 0.625 bits per heavy atom. The molecule has 0 N–H and O–H groups in total. The van der Waals surface area contributed by atoms with Crippen LogP contribution in [0.15, 0.2) is 54.7 Å². The van der Waals surface area contributed by atoms with E-state index in [0.717, 1.165) is 0 Å². The molecule has 6 heteroatoms. The normalized spacial score (nSPS) is 9.62. The standard InChI is InChI=1S/C18H18O6/c1-10(2)16(19)22-13-7-14(23-17(20)11(3)4)9-15(8-13)24-18(21)12(5)6/h7-9H,1,3,5H2,2,4,6H3. The van der Waals surface area contributed by atoms with Crippen molar-refractivity contribution in [3.63, 3.8) is 0 Å². The molecule has 0 bridgehead atoms. The highest BCUT2D eigenvalue weighted by atomic mass is 16.6. The van der Waals surface area contributed by atoms with E-state index in [2.05, 4.69) is 19.7 Å². The summed E-state index contributed by atoms with van der Waals surface area (Å²) in [7, 11) is 0. The van der Waals surface area contributed by atoms with E-state index in [4.69, 9.17) is 14.2 Å². The summed E-state index contributed by atoms with van der Waals surface area (Å²) in [6, 6.07) is 3.92. The van der Waals surface area contributed by atoms with E-state index in [0.29, 0.717) is 0 Å². The molecular weight excluding hydrogens is 312 g/mol. The molecular formula is C18H18O6. The first-order valence-electron chi connectivity index (χ1n) is 6.88. The van der Waals surface area contributed by atoms with Crippen molar-refractivity contribution in [2.24, 2.45) is 0 Å². The minimum absolute atomic E-state index is 0.0273. The highest BCUT2D eigenvalue weighted by molar-refractivity contribution is 5.91. The van der Waals surface area contributed by atoms with Gasteiger partial charge in [0.15, 0.2) is 0 Å². The van der Waals surface area contributed by atoms with Gasteiger partial charge in [0.25, 0.3) is 0 Å². The first kappa shape index (κ1) is 18.9. The summed E-state index contributed by atoms with van der Waals surface area (Å²) in [6.45, 7) is 14.9. The third kappa shape index (κ3) is 5.57. The first-order valence-corrected chi connectivity index (χ1v) is 6.88. The zero-order valence-electron chi connectivity index (χ0n) is 13.8. The largest absolute Gasteiger partial charge is 0.423 e. The molecule has 1 aromatic rings. The lowest BCUT2D eigenvalue weighted by molar-refractivity contribution is -0.130. The molecule has 0 saturated carbocycles. The average molecular weight is 330 g/mol. The maximum Gasteiger partial charge on any atom is 0.338 e. The quantitative estimate of drug-likeness (QED) is 0.453. The smallest absolute Gasteiger partial charge is 0.338 e. The van der Waals surface area contributed by atoms with Crippen LogP contribution in [0.3, 0.4) is 0 Å². The number of hydrogen-bond acceptors (Lipinski definition) is 6. The van der Waals surface area contributed by atoms with E-state index < -0.39 is 17.9 Å². The van der Waals surface area contributed by atoms with Crippen LogP contribution in [0, 0.1) is 0 Å². The molecule has 0 aliphatic rings. The fourth-order valence-electron chi connectivity index (χ4n) is 1.30. The Hall–Kier alpha value is -3.15. The van der Waals surface area contributed by atoms with Crippen molar-refractivity contribution < 1.29 is 28.6 Å². The van der Waals surface area contributed by atoms with Crippen LogP contribution in [0.5, 0.6) is 17.2 Å². The number of ether oxygens (including phenoxy) is 3. The summed E-state index contributed by atoms with van der Waals surface area (Å²) < 4.78 is 15.2. The van der Waals surface area contributed by atoms with Crippen LogP contribution in [0.2, 0.25) is 0 Å². The van der Waals surface area contributed by atoms with Crippen molar-refractivity contribution in [3.8, 4) is 17.2 Å². The van der Waals surface area contributed by atoms with Gasteiger partial charge in [-0.1, -0.05) is 19.7 Å². The van der Waals surface area contributed by atoms with E-state index in [1.807, 2.05) is 0 Å². The van der Waals surface area contributed by atoms with Crippen LogP contribution >= 0.6 is 0 Å². The van der Waals surface area contributed by atoms with Crippen molar-refractivity contribution in [2.45, 2.75) is 20.8 Å². The van der Waals surface area contributed by atoms with E-state index in [-0.39, 0.29) is 34.0 Å².